The maximum Gasteiger partial charge on any atom is 0.254 e. The predicted molar refractivity (Wildman–Crippen MR) is 76.8 cm³/mol. The summed E-state index contributed by atoms with van der Waals surface area (Å²) in [6, 6.07) is 8.08. The van der Waals surface area contributed by atoms with Gasteiger partial charge in [0.15, 0.2) is 0 Å². The number of benzene rings is 1. The highest BCUT2D eigenvalue weighted by atomic mass is 16.5. The number of carbonyl (C=O) groups excluding carboxylic acids is 1. The average Bonchev–Trinajstić information content (AvgIpc) is 3.31. The molecule has 3 aliphatic rings. The Morgan fingerprint density at radius 2 is 1.95 bits per heavy atom. The van der Waals surface area contributed by atoms with Crippen molar-refractivity contribution < 1.29 is 9.53 Å². The number of ether oxygens (including phenoxy) is 1. The highest BCUT2D eigenvalue weighted by molar-refractivity contribution is 5.95. The zero-order chi connectivity index (χ0) is 13.7. The van der Waals surface area contributed by atoms with Crippen LogP contribution in [0.4, 0.5) is 0 Å². The summed E-state index contributed by atoms with van der Waals surface area (Å²) in [7, 11) is 1.64. The van der Waals surface area contributed by atoms with Crippen molar-refractivity contribution in [2.24, 2.45) is 17.8 Å². The molecule has 3 heteroatoms. The molecule has 106 valence electrons. The maximum atomic E-state index is 12.7. The molecular weight excluding hydrogens is 250 g/mol. The van der Waals surface area contributed by atoms with Crippen molar-refractivity contribution in [3.05, 3.63) is 29.8 Å². The first-order valence-corrected chi connectivity index (χ1v) is 7.73. The van der Waals surface area contributed by atoms with E-state index in [4.69, 9.17) is 4.74 Å². The third-order valence-corrected chi connectivity index (χ3v) is 5.12. The number of hydrogen-bond acceptors (Lipinski definition) is 2. The van der Waals surface area contributed by atoms with Crippen molar-refractivity contribution in [1.29, 1.82) is 0 Å². The Morgan fingerprint density at radius 1 is 1.20 bits per heavy atom. The first kappa shape index (κ1) is 12.2. The van der Waals surface area contributed by atoms with Gasteiger partial charge in [0, 0.05) is 24.1 Å². The van der Waals surface area contributed by atoms with Crippen LogP contribution in [-0.2, 0) is 0 Å². The Kier molecular flexibility index (Phi) is 2.76. The Morgan fingerprint density at radius 3 is 2.60 bits per heavy atom. The molecule has 2 atom stereocenters. The molecule has 0 bridgehead atoms. The summed E-state index contributed by atoms with van der Waals surface area (Å²) in [4.78, 5) is 14.8. The Hall–Kier alpha value is -1.51. The second kappa shape index (κ2) is 4.51. The first-order chi connectivity index (χ1) is 9.78. The van der Waals surface area contributed by atoms with E-state index in [2.05, 4.69) is 4.90 Å². The van der Waals surface area contributed by atoms with E-state index < -0.39 is 0 Å². The summed E-state index contributed by atoms with van der Waals surface area (Å²) in [5.74, 6) is 3.44. The van der Waals surface area contributed by atoms with Gasteiger partial charge in [-0.1, -0.05) is 6.07 Å². The molecule has 0 spiro atoms. The third-order valence-electron chi connectivity index (χ3n) is 5.12. The molecule has 3 nitrogen and oxygen atoms in total. The molecule has 2 unspecified atom stereocenters. The second-order valence-corrected chi connectivity index (χ2v) is 6.52. The van der Waals surface area contributed by atoms with E-state index in [0.717, 1.165) is 35.6 Å². The molecule has 4 rings (SSSR count). The van der Waals surface area contributed by atoms with Gasteiger partial charge in [-0.3, -0.25) is 4.79 Å². The van der Waals surface area contributed by atoms with E-state index in [-0.39, 0.29) is 5.91 Å². The van der Waals surface area contributed by atoms with Crippen LogP contribution in [0, 0.1) is 17.8 Å². The standard InChI is InChI=1S/C17H21NO2/c1-20-14-4-2-3-13(9-14)17(19)18-10-15(11-5-6-11)16(18)12-7-8-12/h2-4,9,11-12,15-16H,5-8,10H2,1H3. The number of amides is 1. The summed E-state index contributed by atoms with van der Waals surface area (Å²) < 4.78 is 5.22. The highest BCUT2D eigenvalue weighted by Crippen LogP contribution is 2.52. The van der Waals surface area contributed by atoms with E-state index in [1.807, 2.05) is 24.3 Å². The van der Waals surface area contributed by atoms with Crippen LogP contribution in [0.2, 0.25) is 0 Å². The molecule has 1 aliphatic heterocycles. The first-order valence-electron chi connectivity index (χ1n) is 7.73. The highest BCUT2D eigenvalue weighted by Gasteiger charge is 2.54. The van der Waals surface area contributed by atoms with Crippen LogP contribution >= 0.6 is 0 Å². The van der Waals surface area contributed by atoms with Crippen LogP contribution < -0.4 is 4.74 Å². The Labute approximate surface area is 119 Å². The van der Waals surface area contributed by atoms with Crippen LogP contribution in [0.3, 0.4) is 0 Å². The third kappa shape index (κ3) is 2.00. The topological polar surface area (TPSA) is 29.5 Å². The van der Waals surface area contributed by atoms with E-state index in [0.29, 0.717) is 6.04 Å². The lowest BCUT2D eigenvalue weighted by Gasteiger charge is -2.49. The number of rotatable bonds is 4. The molecule has 2 aliphatic carbocycles. The van der Waals surface area contributed by atoms with Gasteiger partial charge in [-0.15, -0.1) is 0 Å². The monoisotopic (exact) mass is 271 g/mol. The van der Waals surface area contributed by atoms with E-state index in [1.165, 1.54) is 25.7 Å². The van der Waals surface area contributed by atoms with Gasteiger partial charge >= 0.3 is 0 Å². The largest absolute Gasteiger partial charge is 0.497 e. The maximum absolute atomic E-state index is 12.7. The van der Waals surface area contributed by atoms with Crippen LogP contribution in [0.15, 0.2) is 24.3 Å². The molecule has 3 fully saturated rings. The summed E-state index contributed by atoms with van der Waals surface area (Å²) in [6.07, 6.45) is 5.40. The van der Waals surface area contributed by atoms with Gasteiger partial charge in [0.1, 0.15) is 5.75 Å². The zero-order valence-corrected chi connectivity index (χ0v) is 11.9. The molecule has 20 heavy (non-hydrogen) atoms. The number of carbonyl (C=O) groups is 1. The number of hydrogen-bond donors (Lipinski definition) is 0. The molecule has 1 aromatic carbocycles. The fraction of sp³-hybridized carbons (Fsp3) is 0.588. The van der Waals surface area contributed by atoms with E-state index in [9.17, 15) is 4.79 Å². The van der Waals surface area contributed by atoms with Crippen molar-refractivity contribution >= 4 is 5.91 Å². The van der Waals surface area contributed by atoms with Gasteiger partial charge < -0.3 is 9.64 Å². The molecule has 1 amide bonds. The lowest BCUT2D eigenvalue weighted by atomic mass is 9.80. The molecule has 2 saturated carbocycles. The molecular formula is C17H21NO2. The summed E-state index contributed by atoms with van der Waals surface area (Å²) >= 11 is 0. The van der Waals surface area contributed by atoms with Crippen LogP contribution in [0.1, 0.15) is 36.0 Å². The second-order valence-electron chi connectivity index (χ2n) is 6.52. The molecule has 0 aromatic heterocycles. The summed E-state index contributed by atoms with van der Waals surface area (Å²) in [6.45, 7) is 0.974. The van der Waals surface area contributed by atoms with Crippen LogP contribution in [0.5, 0.6) is 5.75 Å². The minimum absolute atomic E-state index is 0.192. The molecule has 0 radical (unpaired) electrons. The molecule has 1 heterocycles. The minimum Gasteiger partial charge on any atom is -0.497 e. The SMILES string of the molecule is COc1cccc(C(=O)N2CC(C3CC3)C2C2CC2)c1. The smallest absolute Gasteiger partial charge is 0.254 e. The Bertz CT molecular complexity index is 534. The fourth-order valence-electron chi connectivity index (χ4n) is 3.68. The van der Waals surface area contributed by atoms with Crippen LogP contribution in [0.25, 0.3) is 0 Å². The van der Waals surface area contributed by atoms with Crippen molar-refractivity contribution in [1.82, 2.24) is 4.90 Å². The zero-order valence-electron chi connectivity index (χ0n) is 11.9. The normalized spacial score (nSPS) is 28.9. The van der Waals surface area contributed by atoms with Crippen molar-refractivity contribution in [3.63, 3.8) is 0 Å². The van der Waals surface area contributed by atoms with Gasteiger partial charge in [-0.05, 0) is 55.7 Å². The van der Waals surface area contributed by atoms with Crippen LogP contribution in [-0.4, -0.2) is 30.5 Å². The molecule has 1 saturated heterocycles. The lowest BCUT2D eigenvalue weighted by molar-refractivity contribution is -0.00201. The number of likely N-dealkylation sites (tertiary alicyclic amines) is 1. The Balaban J connectivity index is 1.52. The van der Waals surface area contributed by atoms with Gasteiger partial charge in [0.2, 0.25) is 0 Å². The van der Waals surface area contributed by atoms with Gasteiger partial charge in [0.05, 0.1) is 7.11 Å². The van der Waals surface area contributed by atoms with Gasteiger partial charge in [-0.2, -0.15) is 0 Å². The average molecular weight is 271 g/mol. The minimum atomic E-state index is 0.192. The van der Waals surface area contributed by atoms with E-state index >= 15 is 0 Å². The molecule has 0 N–H and O–H groups in total. The predicted octanol–water partition coefficient (Wildman–Crippen LogP) is 2.96. The van der Waals surface area contributed by atoms with E-state index in [1.54, 1.807) is 7.11 Å². The van der Waals surface area contributed by atoms with Crippen molar-refractivity contribution in [2.45, 2.75) is 31.7 Å². The summed E-state index contributed by atoms with van der Waals surface area (Å²) in [5.41, 5.74) is 0.768. The van der Waals surface area contributed by atoms with Gasteiger partial charge in [0.25, 0.3) is 5.91 Å². The number of nitrogens with zero attached hydrogens (tertiary/aromatic N) is 1. The fourth-order valence-corrected chi connectivity index (χ4v) is 3.68. The lowest BCUT2D eigenvalue weighted by Crippen LogP contribution is -2.60. The quantitative estimate of drug-likeness (QED) is 0.842. The molecule has 1 aromatic rings. The summed E-state index contributed by atoms with van der Waals surface area (Å²) in [5, 5.41) is 0. The van der Waals surface area contributed by atoms with Crippen molar-refractivity contribution in [2.75, 3.05) is 13.7 Å². The number of methoxy groups -OCH3 is 1. The van der Waals surface area contributed by atoms with Gasteiger partial charge in [-0.25, -0.2) is 0 Å². The van der Waals surface area contributed by atoms with Crippen molar-refractivity contribution in [3.8, 4) is 5.75 Å².